The summed E-state index contributed by atoms with van der Waals surface area (Å²) in [5.41, 5.74) is 2.92. The lowest BCUT2D eigenvalue weighted by atomic mass is 10.1. The van der Waals surface area contributed by atoms with Gasteiger partial charge in [0.05, 0.1) is 7.11 Å². The summed E-state index contributed by atoms with van der Waals surface area (Å²) in [4.78, 5) is 25.5. The van der Waals surface area contributed by atoms with Crippen LogP contribution in [-0.2, 0) is 20.9 Å². The zero-order valence-electron chi connectivity index (χ0n) is 16.2. The maximum absolute atomic E-state index is 12.2. The van der Waals surface area contributed by atoms with Gasteiger partial charge in [0.15, 0.2) is 13.2 Å². The van der Waals surface area contributed by atoms with Gasteiger partial charge in [0, 0.05) is 19.2 Å². The largest absolute Gasteiger partial charge is 0.496 e. The van der Waals surface area contributed by atoms with Gasteiger partial charge in [-0.3, -0.25) is 4.79 Å². The molecule has 0 heterocycles. The summed E-state index contributed by atoms with van der Waals surface area (Å²) in [7, 11) is 3.23. The van der Waals surface area contributed by atoms with Crippen LogP contribution in [0.1, 0.15) is 16.7 Å². The number of methoxy groups -OCH3 is 1. The van der Waals surface area contributed by atoms with Gasteiger partial charge < -0.3 is 19.1 Å². The second kappa shape index (κ2) is 9.62. The number of carbonyl (C=O) groups is 2. The molecule has 0 bridgehead atoms. The molecule has 6 heteroatoms. The van der Waals surface area contributed by atoms with Crippen LogP contribution in [-0.4, -0.2) is 44.1 Å². The molecule has 1 amide bonds. The van der Waals surface area contributed by atoms with E-state index in [-0.39, 0.29) is 19.1 Å². The van der Waals surface area contributed by atoms with E-state index in [0.29, 0.717) is 18.0 Å². The topological polar surface area (TPSA) is 65.1 Å². The summed E-state index contributed by atoms with van der Waals surface area (Å²) in [6, 6.07) is 13.1. The smallest absolute Gasteiger partial charge is 0.344 e. The van der Waals surface area contributed by atoms with Crippen LogP contribution < -0.4 is 9.47 Å². The van der Waals surface area contributed by atoms with E-state index in [2.05, 4.69) is 0 Å². The summed E-state index contributed by atoms with van der Waals surface area (Å²) < 4.78 is 15.8. The zero-order chi connectivity index (χ0) is 19.8. The van der Waals surface area contributed by atoms with E-state index < -0.39 is 5.97 Å². The fourth-order valence-electron chi connectivity index (χ4n) is 2.49. The second-order valence-electron chi connectivity index (χ2n) is 6.21. The van der Waals surface area contributed by atoms with Crippen LogP contribution >= 0.6 is 0 Å². The molecule has 6 nitrogen and oxygen atoms in total. The third-order valence-electron chi connectivity index (χ3n) is 4.28. The number of ether oxygens (including phenoxy) is 3. The Morgan fingerprint density at radius 3 is 2.41 bits per heavy atom. The van der Waals surface area contributed by atoms with Gasteiger partial charge in [-0.2, -0.15) is 0 Å². The summed E-state index contributed by atoms with van der Waals surface area (Å²) >= 11 is 0. The minimum atomic E-state index is -0.588. The molecule has 0 N–H and O–H groups in total. The normalized spacial score (nSPS) is 10.2. The van der Waals surface area contributed by atoms with E-state index in [0.717, 1.165) is 16.7 Å². The van der Waals surface area contributed by atoms with Crippen LogP contribution in [0.3, 0.4) is 0 Å². The number of likely N-dealkylation sites (N-methyl/N-ethyl adjacent to an activating group) is 1. The average molecular weight is 371 g/mol. The lowest BCUT2D eigenvalue weighted by Crippen LogP contribution is -2.31. The van der Waals surface area contributed by atoms with Crippen molar-refractivity contribution in [1.82, 2.24) is 4.90 Å². The van der Waals surface area contributed by atoms with Crippen LogP contribution in [0.25, 0.3) is 0 Å². The average Bonchev–Trinajstić information content (AvgIpc) is 2.67. The van der Waals surface area contributed by atoms with Gasteiger partial charge >= 0.3 is 5.97 Å². The summed E-state index contributed by atoms with van der Waals surface area (Å²) in [6.07, 6.45) is 0. The molecule has 0 fully saturated rings. The van der Waals surface area contributed by atoms with Crippen molar-refractivity contribution in [3.8, 4) is 11.5 Å². The first-order chi connectivity index (χ1) is 12.9. The first-order valence-corrected chi connectivity index (χ1v) is 8.63. The first kappa shape index (κ1) is 20.3. The highest BCUT2D eigenvalue weighted by Gasteiger charge is 2.15. The van der Waals surface area contributed by atoms with Crippen LogP contribution in [0, 0.1) is 13.8 Å². The maximum Gasteiger partial charge on any atom is 0.344 e. The van der Waals surface area contributed by atoms with Gasteiger partial charge in [-0.05, 0) is 37.1 Å². The maximum atomic E-state index is 12.2. The Hall–Kier alpha value is -3.02. The van der Waals surface area contributed by atoms with Gasteiger partial charge in [0.25, 0.3) is 5.91 Å². The Morgan fingerprint density at radius 1 is 0.963 bits per heavy atom. The number of hydrogen-bond donors (Lipinski definition) is 0. The van der Waals surface area contributed by atoms with Gasteiger partial charge in [-0.25, -0.2) is 4.79 Å². The van der Waals surface area contributed by atoms with Crippen LogP contribution in [0.4, 0.5) is 0 Å². The number of amides is 1. The number of para-hydroxylation sites is 1. The predicted octanol–water partition coefficient (Wildman–Crippen LogP) is 2.89. The SMILES string of the molecule is COc1ccccc1CN(C)C(=O)COC(=O)COc1cccc(C)c1C. The Balaban J connectivity index is 1.80. The Labute approximate surface area is 159 Å². The van der Waals surface area contributed by atoms with Crippen LogP contribution in [0.5, 0.6) is 11.5 Å². The molecule has 144 valence electrons. The van der Waals surface area contributed by atoms with Gasteiger partial charge in [-0.1, -0.05) is 30.3 Å². The van der Waals surface area contributed by atoms with Gasteiger partial charge in [0.1, 0.15) is 11.5 Å². The fourth-order valence-corrected chi connectivity index (χ4v) is 2.49. The molecular weight excluding hydrogens is 346 g/mol. The highest BCUT2D eigenvalue weighted by molar-refractivity contribution is 5.80. The molecule has 0 atom stereocenters. The molecule has 2 aromatic carbocycles. The minimum absolute atomic E-state index is 0.242. The molecule has 0 radical (unpaired) electrons. The minimum Gasteiger partial charge on any atom is -0.496 e. The van der Waals surface area contributed by atoms with E-state index in [4.69, 9.17) is 14.2 Å². The number of benzene rings is 2. The molecule has 0 saturated carbocycles. The van der Waals surface area contributed by atoms with Crippen molar-refractivity contribution in [3.05, 3.63) is 59.2 Å². The summed E-state index contributed by atoms with van der Waals surface area (Å²) in [5, 5.41) is 0. The van der Waals surface area contributed by atoms with Crippen LogP contribution in [0.2, 0.25) is 0 Å². The number of carbonyl (C=O) groups excluding carboxylic acids is 2. The van der Waals surface area contributed by atoms with E-state index in [9.17, 15) is 9.59 Å². The molecule has 0 aliphatic rings. The summed E-state index contributed by atoms with van der Waals surface area (Å²) in [6.45, 7) is 3.68. The molecular formula is C21H25NO5. The lowest BCUT2D eigenvalue weighted by molar-refractivity contribution is -0.153. The number of rotatable bonds is 8. The van der Waals surface area contributed by atoms with Crippen molar-refractivity contribution in [2.45, 2.75) is 20.4 Å². The van der Waals surface area contributed by atoms with Crippen LogP contribution in [0.15, 0.2) is 42.5 Å². The number of hydrogen-bond acceptors (Lipinski definition) is 5. The molecule has 0 saturated heterocycles. The molecule has 0 aliphatic carbocycles. The lowest BCUT2D eigenvalue weighted by Gasteiger charge is -2.18. The molecule has 2 rings (SSSR count). The van der Waals surface area contributed by atoms with E-state index in [1.54, 1.807) is 20.2 Å². The van der Waals surface area contributed by atoms with Crippen molar-refractivity contribution in [2.75, 3.05) is 27.4 Å². The molecule has 2 aromatic rings. The first-order valence-electron chi connectivity index (χ1n) is 8.63. The fraction of sp³-hybridized carbons (Fsp3) is 0.333. The van der Waals surface area contributed by atoms with Gasteiger partial charge in [0.2, 0.25) is 0 Å². The van der Waals surface area contributed by atoms with E-state index in [1.807, 2.05) is 50.2 Å². The molecule has 27 heavy (non-hydrogen) atoms. The van der Waals surface area contributed by atoms with Crippen molar-refractivity contribution in [2.24, 2.45) is 0 Å². The third-order valence-corrected chi connectivity index (χ3v) is 4.28. The quantitative estimate of drug-likeness (QED) is 0.668. The Morgan fingerprint density at radius 2 is 1.67 bits per heavy atom. The van der Waals surface area contributed by atoms with Crippen molar-refractivity contribution in [3.63, 3.8) is 0 Å². The van der Waals surface area contributed by atoms with E-state index >= 15 is 0 Å². The summed E-state index contributed by atoms with van der Waals surface area (Å²) in [5.74, 6) is 0.443. The zero-order valence-corrected chi connectivity index (χ0v) is 16.2. The van der Waals surface area contributed by atoms with Crippen molar-refractivity contribution in [1.29, 1.82) is 0 Å². The number of aryl methyl sites for hydroxylation is 1. The van der Waals surface area contributed by atoms with Gasteiger partial charge in [-0.15, -0.1) is 0 Å². The predicted molar refractivity (Wildman–Crippen MR) is 102 cm³/mol. The highest BCUT2D eigenvalue weighted by atomic mass is 16.6. The molecule has 0 spiro atoms. The molecule has 0 unspecified atom stereocenters. The number of esters is 1. The van der Waals surface area contributed by atoms with Crippen molar-refractivity contribution >= 4 is 11.9 Å². The van der Waals surface area contributed by atoms with E-state index in [1.165, 1.54) is 4.90 Å². The Kier molecular flexibility index (Phi) is 7.23. The van der Waals surface area contributed by atoms with Crippen molar-refractivity contribution < 1.29 is 23.8 Å². The molecule has 0 aromatic heterocycles. The second-order valence-corrected chi connectivity index (χ2v) is 6.21. The molecule has 0 aliphatic heterocycles. The highest BCUT2D eigenvalue weighted by Crippen LogP contribution is 2.20. The Bertz CT molecular complexity index is 803. The number of nitrogens with zero attached hydrogens (tertiary/aromatic N) is 1. The third kappa shape index (κ3) is 5.74. The standard InChI is InChI=1S/C21H25NO5/c1-15-8-7-11-18(16(15)2)26-14-21(24)27-13-20(23)22(3)12-17-9-5-6-10-19(17)25-4/h5-11H,12-14H2,1-4H3. The monoisotopic (exact) mass is 371 g/mol.